The Morgan fingerprint density at radius 2 is 1.93 bits per heavy atom. The summed E-state index contributed by atoms with van der Waals surface area (Å²) < 4.78 is 0. The molecule has 1 saturated heterocycles. The largest absolute Gasteiger partial charge is 0.313 e. The Morgan fingerprint density at radius 3 is 2.64 bits per heavy atom. The molecular weight excluding hydrogens is 190 g/mol. The van der Waals surface area contributed by atoms with Crippen molar-refractivity contribution in [1.82, 2.24) is 5.32 Å². The first-order valence-corrected chi connectivity index (χ1v) is 7.42. The van der Waals surface area contributed by atoms with Gasteiger partial charge in [-0.3, -0.25) is 0 Å². The molecule has 2 rings (SSSR count). The van der Waals surface area contributed by atoms with Gasteiger partial charge in [0.2, 0.25) is 0 Å². The van der Waals surface area contributed by atoms with Crippen LogP contribution in [0, 0.1) is 5.92 Å². The van der Waals surface area contributed by atoms with Crippen molar-refractivity contribution in [2.45, 2.75) is 51.0 Å². The maximum atomic E-state index is 3.73. The number of nitrogens with one attached hydrogen (secondary N) is 1. The normalized spacial score (nSPS) is 29.6. The molecule has 0 aromatic carbocycles. The minimum Gasteiger partial charge on any atom is -0.313 e. The van der Waals surface area contributed by atoms with E-state index < -0.39 is 0 Å². The molecule has 2 heteroatoms. The van der Waals surface area contributed by atoms with E-state index in [2.05, 4.69) is 17.1 Å². The van der Waals surface area contributed by atoms with Gasteiger partial charge in [-0.1, -0.05) is 25.7 Å². The Kier molecular flexibility index (Phi) is 4.65. The number of thioether (sulfide) groups is 1. The van der Waals surface area contributed by atoms with Crippen molar-refractivity contribution in [2.24, 2.45) is 5.92 Å². The Labute approximate surface area is 92.4 Å². The Hall–Kier alpha value is 0.310. The molecule has 1 unspecified atom stereocenters. The van der Waals surface area contributed by atoms with Gasteiger partial charge in [0.15, 0.2) is 0 Å². The zero-order chi connectivity index (χ0) is 9.64. The minimum atomic E-state index is 0.829. The van der Waals surface area contributed by atoms with Gasteiger partial charge in [-0.05, 0) is 37.5 Å². The van der Waals surface area contributed by atoms with Crippen molar-refractivity contribution in [3.8, 4) is 0 Å². The van der Waals surface area contributed by atoms with Crippen molar-refractivity contribution < 1.29 is 0 Å². The first-order valence-electron chi connectivity index (χ1n) is 6.26. The Balaban J connectivity index is 1.52. The summed E-state index contributed by atoms with van der Waals surface area (Å²) in [5, 5.41) is 3.73. The summed E-state index contributed by atoms with van der Waals surface area (Å²) in [5.74, 6) is 3.80. The van der Waals surface area contributed by atoms with E-state index in [-0.39, 0.29) is 0 Å². The third-order valence-electron chi connectivity index (χ3n) is 3.62. The number of rotatable bonds is 4. The van der Waals surface area contributed by atoms with E-state index in [1.165, 1.54) is 63.0 Å². The van der Waals surface area contributed by atoms with Crippen LogP contribution in [0.5, 0.6) is 0 Å². The molecule has 1 atom stereocenters. The average molecular weight is 213 g/mol. The first kappa shape index (κ1) is 10.8. The maximum Gasteiger partial charge on any atom is 0.0158 e. The van der Waals surface area contributed by atoms with Gasteiger partial charge in [-0.25, -0.2) is 0 Å². The van der Waals surface area contributed by atoms with Gasteiger partial charge in [0.05, 0.1) is 0 Å². The molecular formula is C12H23NS. The highest BCUT2D eigenvalue weighted by molar-refractivity contribution is 7.99. The molecule has 0 aromatic heterocycles. The molecule has 0 amide bonds. The van der Waals surface area contributed by atoms with Crippen LogP contribution in [0.4, 0.5) is 0 Å². The molecule has 82 valence electrons. The predicted octanol–water partition coefficient (Wildman–Crippen LogP) is 3.05. The summed E-state index contributed by atoms with van der Waals surface area (Å²) in [4.78, 5) is 0. The molecule has 2 aliphatic rings. The van der Waals surface area contributed by atoms with Gasteiger partial charge in [-0.15, -0.1) is 0 Å². The fourth-order valence-corrected chi connectivity index (χ4v) is 3.80. The molecule has 0 aromatic rings. The van der Waals surface area contributed by atoms with Gasteiger partial charge in [0.1, 0.15) is 0 Å². The van der Waals surface area contributed by atoms with Crippen LogP contribution >= 0.6 is 11.8 Å². The minimum absolute atomic E-state index is 0.829. The van der Waals surface area contributed by atoms with E-state index in [1.54, 1.807) is 0 Å². The molecule has 1 saturated carbocycles. The molecule has 0 radical (unpaired) electrons. The summed E-state index contributed by atoms with van der Waals surface area (Å²) in [6.45, 7) is 1.27. The van der Waals surface area contributed by atoms with Crippen molar-refractivity contribution in [3.05, 3.63) is 0 Å². The highest BCUT2D eigenvalue weighted by Gasteiger charge is 2.16. The zero-order valence-electron chi connectivity index (χ0n) is 9.13. The molecule has 1 nitrogen and oxygen atoms in total. The first-order chi connectivity index (χ1) is 6.95. The molecule has 1 N–H and O–H groups in total. The molecule has 0 spiro atoms. The average Bonchev–Trinajstić information content (AvgIpc) is 2.72. The van der Waals surface area contributed by atoms with E-state index >= 15 is 0 Å². The molecule has 2 fully saturated rings. The summed E-state index contributed by atoms with van der Waals surface area (Å²) in [6.07, 6.45) is 10.3. The van der Waals surface area contributed by atoms with Crippen LogP contribution in [0.2, 0.25) is 0 Å². The lowest BCUT2D eigenvalue weighted by Crippen LogP contribution is -2.34. The Morgan fingerprint density at radius 1 is 1.07 bits per heavy atom. The van der Waals surface area contributed by atoms with Crippen LogP contribution in [0.1, 0.15) is 44.9 Å². The second-order valence-electron chi connectivity index (χ2n) is 4.81. The Bertz CT molecular complexity index is 148. The molecule has 0 bridgehead atoms. The van der Waals surface area contributed by atoms with Crippen LogP contribution in [-0.2, 0) is 0 Å². The lowest BCUT2D eigenvalue weighted by atomic mass is 10.0. The second kappa shape index (κ2) is 6.02. The van der Waals surface area contributed by atoms with Gasteiger partial charge in [-0.2, -0.15) is 11.8 Å². The van der Waals surface area contributed by atoms with E-state index in [9.17, 15) is 0 Å². The van der Waals surface area contributed by atoms with E-state index in [1.807, 2.05) is 0 Å². The highest BCUT2D eigenvalue weighted by Crippen LogP contribution is 2.27. The quantitative estimate of drug-likeness (QED) is 0.770. The summed E-state index contributed by atoms with van der Waals surface area (Å²) in [5.41, 5.74) is 0. The van der Waals surface area contributed by atoms with Gasteiger partial charge < -0.3 is 5.32 Å². The van der Waals surface area contributed by atoms with E-state index in [0.29, 0.717) is 0 Å². The SMILES string of the molecule is C1CCC(CCNC2CCCSC2)C1. The third kappa shape index (κ3) is 3.47. The highest BCUT2D eigenvalue weighted by atomic mass is 32.2. The second-order valence-corrected chi connectivity index (χ2v) is 5.96. The summed E-state index contributed by atoms with van der Waals surface area (Å²) in [6, 6.07) is 0.829. The standard InChI is InChI=1S/C12H23NS/c1-2-5-11(4-1)7-8-13-12-6-3-9-14-10-12/h11-13H,1-10H2. The lowest BCUT2D eigenvalue weighted by Gasteiger charge is -2.23. The van der Waals surface area contributed by atoms with E-state index in [0.717, 1.165) is 12.0 Å². The third-order valence-corrected chi connectivity index (χ3v) is 4.84. The summed E-state index contributed by atoms with van der Waals surface area (Å²) >= 11 is 2.12. The van der Waals surface area contributed by atoms with Crippen molar-refractivity contribution in [3.63, 3.8) is 0 Å². The van der Waals surface area contributed by atoms with Crippen molar-refractivity contribution >= 4 is 11.8 Å². The van der Waals surface area contributed by atoms with Crippen molar-refractivity contribution in [1.29, 1.82) is 0 Å². The lowest BCUT2D eigenvalue weighted by molar-refractivity contribution is 0.437. The fraction of sp³-hybridized carbons (Fsp3) is 1.00. The topological polar surface area (TPSA) is 12.0 Å². The molecule has 14 heavy (non-hydrogen) atoms. The van der Waals surface area contributed by atoms with Crippen LogP contribution in [0.15, 0.2) is 0 Å². The molecule has 1 aliphatic carbocycles. The number of hydrogen-bond acceptors (Lipinski definition) is 2. The maximum absolute atomic E-state index is 3.73. The number of hydrogen-bond donors (Lipinski definition) is 1. The van der Waals surface area contributed by atoms with Crippen molar-refractivity contribution in [2.75, 3.05) is 18.1 Å². The monoisotopic (exact) mass is 213 g/mol. The van der Waals surface area contributed by atoms with Gasteiger partial charge >= 0.3 is 0 Å². The summed E-state index contributed by atoms with van der Waals surface area (Å²) in [7, 11) is 0. The van der Waals surface area contributed by atoms with Gasteiger partial charge in [0, 0.05) is 11.8 Å². The van der Waals surface area contributed by atoms with E-state index in [4.69, 9.17) is 0 Å². The van der Waals surface area contributed by atoms with Crippen LogP contribution in [0.3, 0.4) is 0 Å². The van der Waals surface area contributed by atoms with Gasteiger partial charge in [0.25, 0.3) is 0 Å². The molecule has 1 aliphatic heterocycles. The fourth-order valence-electron chi connectivity index (χ4n) is 2.69. The predicted molar refractivity (Wildman–Crippen MR) is 64.9 cm³/mol. The molecule has 1 heterocycles. The van der Waals surface area contributed by atoms with Crippen LogP contribution in [0.25, 0.3) is 0 Å². The van der Waals surface area contributed by atoms with Crippen LogP contribution in [-0.4, -0.2) is 24.1 Å². The van der Waals surface area contributed by atoms with Crippen LogP contribution < -0.4 is 5.32 Å². The zero-order valence-corrected chi connectivity index (χ0v) is 9.95. The smallest absolute Gasteiger partial charge is 0.0158 e.